The summed E-state index contributed by atoms with van der Waals surface area (Å²) in [6.45, 7) is 0.332. The SMILES string of the molecule is COc1ccc(C(=O)NCc2ccon2)cc1Br. The average molecular weight is 311 g/mol. The van der Waals surface area contributed by atoms with Gasteiger partial charge in [-0.3, -0.25) is 4.79 Å². The zero-order valence-corrected chi connectivity index (χ0v) is 11.2. The van der Waals surface area contributed by atoms with Crippen molar-refractivity contribution in [3.8, 4) is 5.75 Å². The second-order valence-corrected chi connectivity index (χ2v) is 4.38. The Bertz CT molecular complexity index is 540. The molecule has 1 N–H and O–H groups in total. The number of halogens is 1. The third kappa shape index (κ3) is 2.89. The van der Waals surface area contributed by atoms with Crippen molar-refractivity contribution >= 4 is 21.8 Å². The van der Waals surface area contributed by atoms with Crippen LogP contribution < -0.4 is 10.1 Å². The number of aromatic nitrogens is 1. The molecule has 1 aromatic heterocycles. The van der Waals surface area contributed by atoms with Crippen molar-refractivity contribution in [2.45, 2.75) is 6.54 Å². The fourth-order valence-corrected chi connectivity index (χ4v) is 1.95. The average Bonchev–Trinajstić information content (AvgIpc) is 2.89. The highest BCUT2D eigenvalue weighted by atomic mass is 79.9. The number of rotatable bonds is 4. The van der Waals surface area contributed by atoms with Gasteiger partial charge in [-0.05, 0) is 34.1 Å². The number of carbonyl (C=O) groups excluding carboxylic acids is 1. The largest absolute Gasteiger partial charge is 0.496 e. The molecule has 1 amide bonds. The molecule has 2 rings (SSSR count). The van der Waals surface area contributed by atoms with Gasteiger partial charge in [-0.15, -0.1) is 0 Å². The highest BCUT2D eigenvalue weighted by Crippen LogP contribution is 2.25. The Hall–Kier alpha value is -1.82. The Kier molecular flexibility index (Phi) is 3.99. The zero-order valence-electron chi connectivity index (χ0n) is 9.64. The summed E-state index contributed by atoms with van der Waals surface area (Å²) in [6, 6.07) is 6.83. The highest BCUT2D eigenvalue weighted by Gasteiger charge is 2.09. The van der Waals surface area contributed by atoms with Gasteiger partial charge in [0, 0.05) is 11.6 Å². The molecule has 0 bridgehead atoms. The fourth-order valence-electron chi connectivity index (χ4n) is 1.41. The first-order valence-corrected chi connectivity index (χ1v) is 6.01. The molecule has 94 valence electrons. The first-order chi connectivity index (χ1) is 8.70. The van der Waals surface area contributed by atoms with E-state index in [1.165, 1.54) is 6.26 Å². The second-order valence-electron chi connectivity index (χ2n) is 3.52. The number of carbonyl (C=O) groups is 1. The molecule has 0 saturated carbocycles. The number of nitrogens with one attached hydrogen (secondary N) is 1. The zero-order chi connectivity index (χ0) is 13.0. The molecule has 1 heterocycles. The standard InChI is InChI=1S/C12H11BrN2O3/c1-17-11-3-2-8(6-10(11)13)12(16)14-7-9-4-5-18-15-9/h2-6H,7H2,1H3,(H,14,16). The molecular weight excluding hydrogens is 300 g/mol. The van der Waals surface area contributed by atoms with Gasteiger partial charge in [0.1, 0.15) is 17.7 Å². The molecule has 0 aliphatic carbocycles. The van der Waals surface area contributed by atoms with Gasteiger partial charge in [0.25, 0.3) is 5.91 Å². The summed E-state index contributed by atoms with van der Waals surface area (Å²) >= 11 is 3.33. The number of hydrogen-bond acceptors (Lipinski definition) is 4. The number of ether oxygens (including phenoxy) is 1. The Balaban J connectivity index is 2.02. The second kappa shape index (κ2) is 5.68. The molecule has 0 radical (unpaired) electrons. The van der Waals surface area contributed by atoms with Crippen molar-refractivity contribution in [2.24, 2.45) is 0 Å². The molecule has 0 atom stereocenters. The van der Waals surface area contributed by atoms with Gasteiger partial charge in [0.05, 0.1) is 18.1 Å². The molecule has 0 fully saturated rings. The summed E-state index contributed by atoms with van der Waals surface area (Å²) in [5, 5.41) is 6.45. The van der Waals surface area contributed by atoms with Gasteiger partial charge in [0.2, 0.25) is 0 Å². The maximum atomic E-state index is 11.9. The third-order valence-electron chi connectivity index (χ3n) is 2.34. The van der Waals surface area contributed by atoms with Gasteiger partial charge in [-0.1, -0.05) is 5.16 Å². The number of methoxy groups -OCH3 is 1. The smallest absolute Gasteiger partial charge is 0.251 e. The van der Waals surface area contributed by atoms with Crippen molar-refractivity contribution < 1.29 is 14.1 Å². The maximum absolute atomic E-state index is 11.9. The summed E-state index contributed by atoms with van der Waals surface area (Å²) in [4.78, 5) is 11.9. The predicted octanol–water partition coefficient (Wildman–Crippen LogP) is 2.38. The van der Waals surface area contributed by atoms with E-state index in [-0.39, 0.29) is 5.91 Å². The highest BCUT2D eigenvalue weighted by molar-refractivity contribution is 9.10. The van der Waals surface area contributed by atoms with Crippen LogP contribution in [0.15, 0.2) is 39.5 Å². The van der Waals surface area contributed by atoms with Crippen LogP contribution in [-0.2, 0) is 6.54 Å². The van der Waals surface area contributed by atoms with Crippen LogP contribution in [0.25, 0.3) is 0 Å². The Labute approximate surface area is 112 Å². The van der Waals surface area contributed by atoms with Gasteiger partial charge >= 0.3 is 0 Å². The van der Waals surface area contributed by atoms with E-state index in [0.717, 1.165) is 4.47 Å². The molecule has 0 saturated heterocycles. The molecule has 1 aromatic carbocycles. The van der Waals surface area contributed by atoms with Gasteiger partial charge in [-0.2, -0.15) is 0 Å². The van der Waals surface area contributed by atoms with E-state index in [4.69, 9.17) is 4.74 Å². The number of nitrogens with zero attached hydrogens (tertiary/aromatic N) is 1. The van der Waals surface area contributed by atoms with Crippen LogP contribution in [-0.4, -0.2) is 18.2 Å². The van der Waals surface area contributed by atoms with Crippen molar-refractivity contribution in [1.29, 1.82) is 0 Å². The minimum atomic E-state index is -0.179. The lowest BCUT2D eigenvalue weighted by molar-refractivity contribution is 0.0950. The Morgan fingerprint density at radius 3 is 2.94 bits per heavy atom. The van der Waals surface area contributed by atoms with E-state index < -0.39 is 0 Å². The van der Waals surface area contributed by atoms with Crippen molar-refractivity contribution in [2.75, 3.05) is 7.11 Å². The summed E-state index contributed by atoms with van der Waals surface area (Å²) in [6.07, 6.45) is 1.46. The lowest BCUT2D eigenvalue weighted by Crippen LogP contribution is -2.22. The molecule has 2 aromatic rings. The first-order valence-electron chi connectivity index (χ1n) is 5.21. The summed E-state index contributed by atoms with van der Waals surface area (Å²) in [7, 11) is 1.57. The summed E-state index contributed by atoms with van der Waals surface area (Å²) < 4.78 is 10.5. The Morgan fingerprint density at radius 1 is 1.50 bits per heavy atom. The van der Waals surface area contributed by atoms with Crippen LogP contribution in [0.3, 0.4) is 0 Å². The summed E-state index contributed by atoms with van der Waals surface area (Å²) in [5.74, 6) is 0.504. The van der Waals surface area contributed by atoms with Gasteiger partial charge in [-0.25, -0.2) is 0 Å². The molecule has 18 heavy (non-hydrogen) atoms. The maximum Gasteiger partial charge on any atom is 0.251 e. The number of amides is 1. The molecule has 0 spiro atoms. The van der Waals surface area contributed by atoms with E-state index in [0.29, 0.717) is 23.6 Å². The number of hydrogen-bond donors (Lipinski definition) is 1. The lowest BCUT2D eigenvalue weighted by atomic mass is 10.2. The quantitative estimate of drug-likeness (QED) is 0.941. The molecule has 0 unspecified atom stereocenters. The number of benzene rings is 1. The molecule has 0 aliphatic rings. The van der Waals surface area contributed by atoms with E-state index in [9.17, 15) is 4.79 Å². The lowest BCUT2D eigenvalue weighted by Gasteiger charge is -2.06. The van der Waals surface area contributed by atoms with Crippen LogP contribution in [0, 0.1) is 0 Å². The normalized spacial score (nSPS) is 10.1. The van der Waals surface area contributed by atoms with Crippen molar-refractivity contribution in [3.63, 3.8) is 0 Å². The van der Waals surface area contributed by atoms with Crippen LogP contribution in [0.1, 0.15) is 16.1 Å². The van der Waals surface area contributed by atoms with Crippen LogP contribution in [0.5, 0.6) is 5.75 Å². The monoisotopic (exact) mass is 310 g/mol. The van der Waals surface area contributed by atoms with Crippen LogP contribution in [0.2, 0.25) is 0 Å². The molecule has 0 aliphatic heterocycles. The van der Waals surface area contributed by atoms with Crippen molar-refractivity contribution in [3.05, 3.63) is 46.3 Å². The van der Waals surface area contributed by atoms with E-state index in [1.807, 2.05) is 0 Å². The minimum Gasteiger partial charge on any atom is -0.496 e. The topological polar surface area (TPSA) is 64.4 Å². The Morgan fingerprint density at radius 2 is 2.33 bits per heavy atom. The van der Waals surface area contributed by atoms with Gasteiger partial charge < -0.3 is 14.6 Å². The van der Waals surface area contributed by atoms with Crippen LogP contribution in [0.4, 0.5) is 0 Å². The predicted molar refractivity (Wildman–Crippen MR) is 68.4 cm³/mol. The minimum absolute atomic E-state index is 0.179. The first kappa shape index (κ1) is 12.6. The van der Waals surface area contributed by atoms with E-state index in [2.05, 4.69) is 30.9 Å². The third-order valence-corrected chi connectivity index (χ3v) is 2.96. The van der Waals surface area contributed by atoms with Gasteiger partial charge in [0.15, 0.2) is 0 Å². The summed E-state index contributed by atoms with van der Waals surface area (Å²) in [5.41, 5.74) is 1.22. The molecular formula is C12H11BrN2O3. The van der Waals surface area contributed by atoms with E-state index in [1.54, 1.807) is 31.4 Å². The van der Waals surface area contributed by atoms with E-state index >= 15 is 0 Å². The van der Waals surface area contributed by atoms with Crippen molar-refractivity contribution in [1.82, 2.24) is 10.5 Å². The fraction of sp³-hybridized carbons (Fsp3) is 0.167. The molecule has 6 heteroatoms. The van der Waals surface area contributed by atoms with Crippen LogP contribution >= 0.6 is 15.9 Å². The molecule has 5 nitrogen and oxygen atoms in total.